The molecule has 5 aliphatic rings. The number of fused-ring (bicyclic) bond motifs is 2. The van der Waals surface area contributed by atoms with E-state index in [4.69, 9.17) is 4.74 Å². The molecular weight excluding hydrogens is 621 g/mol. The lowest BCUT2D eigenvalue weighted by molar-refractivity contribution is 0.0600. The van der Waals surface area contributed by atoms with Gasteiger partial charge in [-0.2, -0.15) is 0 Å². The van der Waals surface area contributed by atoms with Crippen LogP contribution in [-0.2, 0) is 42.3 Å². The van der Waals surface area contributed by atoms with Gasteiger partial charge in [0.25, 0.3) is 0 Å². The Kier molecular flexibility index (Phi) is 2.75. The fraction of sp³-hybridized carbons (Fsp3) is 0.163. The third-order valence-electron chi connectivity index (χ3n) is 16.2. The Bertz CT molecular complexity index is 3950. The molecule has 0 saturated heterocycles. The molecule has 0 fully saturated rings. The van der Waals surface area contributed by atoms with Crippen LogP contribution in [0.2, 0.25) is 0 Å². The van der Waals surface area contributed by atoms with Gasteiger partial charge in [-0.1, -0.05) is 36.4 Å². The first-order chi connectivity index (χ1) is 25.1. The van der Waals surface area contributed by atoms with Crippen molar-refractivity contribution in [3.05, 3.63) is 104 Å². The third-order valence-corrected chi connectivity index (χ3v) is 16.2. The minimum atomic E-state index is -0.238. The lowest BCUT2D eigenvalue weighted by Crippen LogP contribution is -2.42. The molecule has 5 aliphatic carbocycles. The maximum Gasteiger partial charge on any atom is 0.337 e. The van der Waals surface area contributed by atoms with Crippen LogP contribution in [-0.4, -0.2) is 13.1 Å². The summed E-state index contributed by atoms with van der Waals surface area (Å²) in [6, 6.07) is 19.6. The molecule has 18 rings (SSSR count). The molecule has 2 nitrogen and oxygen atoms in total. The van der Waals surface area contributed by atoms with Crippen molar-refractivity contribution >= 4 is 124 Å². The van der Waals surface area contributed by atoms with Crippen LogP contribution in [0.3, 0.4) is 0 Å². The minimum Gasteiger partial charge on any atom is -0.465 e. The normalized spacial score (nSPS) is 21.4. The van der Waals surface area contributed by atoms with E-state index in [2.05, 4.69) is 42.5 Å². The summed E-state index contributed by atoms with van der Waals surface area (Å²) >= 11 is 0. The van der Waals surface area contributed by atoms with Gasteiger partial charge >= 0.3 is 5.97 Å². The molecule has 2 unspecified atom stereocenters. The van der Waals surface area contributed by atoms with Crippen LogP contribution in [0.1, 0.15) is 66.3 Å². The molecule has 0 aliphatic heterocycles. The van der Waals surface area contributed by atoms with Gasteiger partial charge in [-0.25, -0.2) is 4.79 Å². The van der Waals surface area contributed by atoms with Crippen LogP contribution in [0, 0.1) is 0 Å². The molecule has 2 atom stereocenters. The van der Waals surface area contributed by atoms with Crippen molar-refractivity contribution in [1.82, 2.24) is 0 Å². The van der Waals surface area contributed by atoms with E-state index in [-0.39, 0.29) is 11.4 Å². The minimum absolute atomic E-state index is 0.00357. The molecule has 0 radical (unpaired) electrons. The highest BCUT2D eigenvalue weighted by molar-refractivity contribution is 6.65. The molecule has 0 amide bonds. The van der Waals surface area contributed by atoms with Gasteiger partial charge in [-0.05, 0) is 219 Å². The van der Waals surface area contributed by atoms with E-state index in [0.717, 1.165) is 32.1 Å². The number of carbonyl (C=O) groups is 1. The molecule has 0 bridgehead atoms. The summed E-state index contributed by atoms with van der Waals surface area (Å²) in [5.41, 5.74) is 14.5. The van der Waals surface area contributed by atoms with E-state index >= 15 is 0 Å². The van der Waals surface area contributed by atoms with Gasteiger partial charge in [0.05, 0.1) is 12.7 Å². The Balaban J connectivity index is 1.20. The average Bonchev–Trinajstić information content (AvgIpc) is 3.97. The van der Waals surface area contributed by atoms with Crippen LogP contribution >= 0.6 is 0 Å². The molecular formula is C49H22O2. The SMILES string of the molecule is COC(=O)c1ccc2c(c1)CC1c3cc4c5c6c(cc7cc8c9c%10c(cc%11cc%12c%13c(c%14c3c5c3c%14c5c%13c%11c%10c5c5c9c7c6c35)C1(C2)C%12)C8)C4. The van der Waals surface area contributed by atoms with E-state index in [1.165, 1.54) is 29.0 Å². The highest BCUT2D eigenvalue weighted by Gasteiger charge is 2.55. The van der Waals surface area contributed by atoms with Crippen molar-refractivity contribution in [2.75, 3.05) is 7.11 Å². The van der Waals surface area contributed by atoms with Crippen LogP contribution in [0.25, 0.3) is 118 Å². The van der Waals surface area contributed by atoms with Crippen LogP contribution in [0.5, 0.6) is 0 Å². The van der Waals surface area contributed by atoms with Crippen molar-refractivity contribution < 1.29 is 9.53 Å². The van der Waals surface area contributed by atoms with Crippen LogP contribution in [0.15, 0.2) is 48.5 Å². The van der Waals surface area contributed by atoms with Crippen LogP contribution < -0.4 is 0 Å². The van der Waals surface area contributed by atoms with E-state index < -0.39 is 0 Å². The number of esters is 1. The summed E-state index contributed by atoms with van der Waals surface area (Å²) in [5, 5.41) is 34.7. The van der Waals surface area contributed by atoms with Gasteiger partial charge in [-0.3, -0.25) is 0 Å². The molecule has 0 N–H and O–H groups in total. The second-order valence-corrected chi connectivity index (χ2v) is 17.7. The zero-order chi connectivity index (χ0) is 32.0. The van der Waals surface area contributed by atoms with Crippen molar-refractivity contribution in [1.29, 1.82) is 0 Å². The molecule has 230 valence electrons. The number of carbonyl (C=O) groups excluding carboxylic acids is 1. The first kappa shape index (κ1) is 22.9. The highest BCUT2D eigenvalue weighted by atomic mass is 16.5. The summed E-state index contributed by atoms with van der Waals surface area (Å²) < 4.78 is 5.21. The molecule has 13 aromatic rings. The number of rotatable bonds is 1. The molecule has 13 aromatic carbocycles. The summed E-state index contributed by atoms with van der Waals surface area (Å²) in [4.78, 5) is 12.8. The quantitative estimate of drug-likeness (QED) is 0.132. The number of hydrogen-bond acceptors (Lipinski definition) is 2. The highest BCUT2D eigenvalue weighted by Crippen LogP contribution is 2.71. The lowest BCUT2D eigenvalue weighted by atomic mass is 9.56. The number of benzene rings is 10. The van der Waals surface area contributed by atoms with Crippen molar-refractivity contribution in [2.24, 2.45) is 0 Å². The smallest absolute Gasteiger partial charge is 0.337 e. The molecule has 0 saturated carbocycles. The van der Waals surface area contributed by atoms with Gasteiger partial charge < -0.3 is 4.74 Å². The lowest BCUT2D eigenvalue weighted by Gasteiger charge is -2.47. The zero-order valence-corrected chi connectivity index (χ0v) is 27.5. The van der Waals surface area contributed by atoms with E-state index in [1.54, 1.807) is 147 Å². The fourth-order valence-corrected chi connectivity index (χ4v) is 15.1. The summed E-state index contributed by atoms with van der Waals surface area (Å²) in [7, 11) is 1.50. The monoisotopic (exact) mass is 642 g/mol. The zero-order valence-electron chi connectivity index (χ0n) is 27.5. The molecule has 1 spiro atoms. The Morgan fingerprint density at radius 1 is 0.510 bits per heavy atom. The van der Waals surface area contributed by atoms with Gasteiger partial charge in [0, 0.05) is 5.41 Å². The van der Waals surface area contributed by atoms with Crippen molar-refractivity contribution in [3.8, 4) is 0 Å². The second kappa shape index (κ2) is 6.13. The maximum absolute atomic E-state index is 12.8. The first-order valence-electron chi connectivity index (χ1n) is 18.9. The Labute approximate surface area is 287 Å². The summed E-state index contributed by atoms with van der Waals surface area (Å²) in [6.07, 6.45) is 5.17. The van der Waals surface area contributed by atoms with Crippen molar-refractivity contribution in [3.63, 3.8) is 0 Å². The van der Waals surface area contributed by atoms with Crippen LogP contribution in [0.4, 0.5) is 0 Å². The predicted molar refractivity (Wildman–Crippen MR) is 207 cm³/mol. The van der Waals surface area contributed by atoms with Gasteiger partial charge in [0.15, 0.2) is 0 Å². The van der Waals surface area contributed by atoms with Gasteiger partial charge in [0.1, 0.15) is 0 Å². The molecule has 51 heavy (non-hydrogen) atoms. The number of hydrogen-bond donors (Lipinski definition) is 0. The number of ether oxygens (including phenoxy) is 1. The fourth-order valence-electron chi connectivity index (χ4n) is 15.1. The third kappa shape index (κ3) is 1.77. The van der Waals surface area contributed by atoms with Gasteiger partial charge in [0.2, 0.25) is 0 Å². The summed E-state index contributed by atoms with van der Waals surface area (Å²) in [6.45, 7) is 0. The number of methoxy groups -OCH3 is 1. The Morgan fingerprint density at radius 2 is 1.02 bits per heavy atom. The predicted octanol–water partition coefficient (Wildman–Crippen LogP) is 11.2. The second-order valence-electron chi connectivity index (χ2n) is 17.7. The maximum atomic E-state index is 12.8. The molecule has 0 aromatic heterocycles. The standard InChI is InChI=1S/C49H22O2/c1-51-48(50)15-2-3-16-13-49-14-24-10-22-8-19-5-18-6-21-7-20-9-23-11-25(26(49)12-17(16)4-15)34-39-30(23)29(20)36-31(21)35-27(18)28(19)37-32(22)38-33(24)47(49)46(34)45-43(38)41(37)40(35)42(36)44(39)45/h2-4,6-8,10-11,26H,5,9,12-14H2,1H3. The van der Waals surface area contributed by atoms with Crippen molar-refractivity contribution in [2.45, 2.75) is 43.4 Å². The average molecular weight is 643 g/mol. The molecule has 0 heterocycles. The Hall–Kier alpha value is -5.73. The summed E-state index contributed by atoms with van der Waals surface area (Å²) in [5.74, 6) is 0.124. The van der Waals surface area contributed by atoms with Gasteiger partial charge in [-0.15, -0.1) is 0 Å². The Morgan fingerprint density at radius 3 is 1.65 bits per heavy atom. The molecule has 2 heteroatoms. The largest absolute Gasteiger partial charge is 0.465 e. The van der Waals surface area contributed by atoms with E-state index in [0.29, 0.717) is 11.5 Å². The topological polar surface area (TPSA) is 26.3 Å². The first-order valence-corrected chi connectivity index (χ1v) is 18.9. The van der Waals surface area contributed by atoms with E-state index in [9.17, 15) is 4.79 Å². The van der Waals surface area contributed by atoms with E-state index in [1.807, 2.05) is 6.07 Å².